The van der Waals surface area contributed by atoms with Crippen LogP contribution in [0.1, 0.15) is 22.8 Å². The molecule has 1 aromatic rings. The van der Waals surface area contributed by atoms with Crippen LogP contribution >= 0.6 is 0 Å². The molecule has 0 aliphatic heterocycles. The second-order valence-electron chi connectivity index (χ2n) is 3.73. The van der Waals surface area contributed by atoms with Crippen LogP contribution in [0.2, 0.25) is 0 Å². The predicted molar refractivity (Wildman–Crippen MR) is 70.0 cm³/mol. The largest absolute Gasteiger partial charge is 0.465 e. The minimum absolute atomic E-state index is 0.0468. The van der Waals surface area contributed by atoms with Crippen molar-refractivity contribution in [2.45, 2.75) is 6.92 Å². The van der Waals surface area contributed by atoms with E-state index in [1.807, 2.05) is 0 Å². The first kappa shape index (κ1) is 15.2. The number of rotatable bonds is 3. The molecule has 1 aromatic carbocycles. The fraction of sp³-hybridized carbons (Fsp3) is 0.231. The molecule has 1 N–H and O–H groups in total. The number of carbonyl (C=O) groups is 2. The van der Waals surface area contributed by atoms with Crippen LogP contribution in [0.4, 0.5) is 5.69 Å². The molecule has 0 bridgehead atoms. The minimum atomic E-state index is -0.682. The van der Waals surface area contributed by atoms with Crippen LogP contribution in [-0.2, 0) is 9.53 Å². The van der Waals surface area contributed by atoms with Crippen molar-refractivity contribution in [3.8, 4) is 11.8 Å². The van der Waals surface area contributed by atoms with Crippen LogP contribution in [0.3, 0.4) is 0 Å². The number of carbonyl (C=O) groups excluding carboxylic acids is 2. The minimum Gasteiger partial charge on any atom is -0.465 e. The Morgan fingerprint density at radius 3 is 2.65 bits per heavy atom. The summed E-state index contributed by atoms with van der Waals surface area (Å²) in [6.07, 6.45) is 0. The maximum atomic E-state index is 11.4. The number of hydrogen-bond acceptors (Lipinski definition) is 5. The quantitative estimate of drug-likeness (QED) is 0.382. The summed E-state index contributed by atoms with van der Waals surface area (Å²) in [7, 11) is 1.18. The number of nitro groups is 1. The average Bonchev–Trinajstić information content (AvgIpc) is 2.42. The molecule has 0 radical (unpaired) electrons. The van der Waals surface area contributed by atoms with Crippen molar-refractivity contribution in [3.05, 3.63) is 39.4 Å². The summed E-state index contributed by atoms with van der Waals surface area (Å²) in [6, 6.07) is 3.75. The van der Waals surface area contributed by atoms with Gasteiger partial charge >= 0.3 is 5.97 Å². The monoisotopic (exact) mass is 276 g/mol. The first-order chi connectivity index (χ1) is 9.43. The number of esters is 1. The maximum Gasteiger partial charge on any atom is 0.338 e. The Balaban J connectivity index is 3.06. The Morgan fingerprint density at radius 2 is 2.10 bits per heavy atom. The van der Waals surface area contributed by atoms with E-state index in [1.165, 1.54) is 26.2 Å². The smallest absolute Gasteiger partial charge is 0.338 e. The number of nitro benzene ring substituents is 1. The van der Waals surface area contributed by atoms with Gasteiger partial charge in [-0.25, -0.2) is 4.79 Å². The molecule has 0 aliphatic carbocycles. The van der Waals surface area contributed by atoms with Gasteiger partial charge in [0.2, 0.25) is 5.91 Å². The van der Waals surface area contributed by atoms with E-state index in [1.54, 1.807) is 0 Å². The van der Waals surface area contributed by atoms with Crippen molar-refractivity contribution in [2.24, 2.45) is 0 Å². The SMILES string of the molecule is COC(=O)c1cc(C#CCNC(C)=O)cc([N+](=O)[O-])c1. The first-order valence-corrected chi connectivity index (χ1v) is 5.55. The van der Waals surface area contributed by atoms with Gasteiger partial charge in [0.05, 0.1) is 24.1 Å². The summed E-state index contributed by atoms with van der Waals surface area (Å²) in [5, 5.41) is 13.2. The number of ether oxygens (including phenoxy) is 1. The highest BCUT2D eigenvalue weighted by Crippen LogP contribution is 2.17. The number of methoxy groups -OCH3 is 1. The molecule has 0 aromatic heterocycles. The van der Waals surface area contributed by atoms with Gasteiger partial charge in [-0.2, -0.15) is 0 Å². The fourth-order valence-corrected chi connectivity index (χ4v) is 1.34. The lowest BCUT2D eigenvalue weighted by molar-refractivity contribution is -0.384. The van der Waals surface area contributed by atoms with Crippen molar-refractivity contribution in [1.82, 2.24) is 5.32 Å². The highest BCUT2D eigenvalue weighted by Gasteiger charge is 2.14. The van der Waals surface area contributed by atoms with E-state index in [0.717, 1.165) is 6.07 Å². The average molecular weight is 276 g/mol. The number of amides is 1. The van der Waals surface area contributed by atoms with Gasteiger partial charge in [0.15, 0.2) is 0 Å². The van der Waals surface area contributed by atoms with Gasteiger partial charge in [0.1, 0.15) is 0 Å². The van der Waals surface area contributed by atoms with Crippen molar-refractivity contribution < 1.29 is 19.2 Å². The second kappa shape index (κ2) is 6.89. The standard InChI is InChI=1S/C13H12N2O5/c1-9(16)14-5-3-4-10-6-11(13(17)20-2)8-12(7-10)15(18)19/h6-8H,5H2,1-2H3,(H,14,16). The molecule has 7 nitrogen and oxygen atoms in total. The van der Waals surface area contributed by atoms with Crippen molar-refractivity contribution in [1.29, 1.82) is 0 Å². The molecule has 0 saturated heterocycles. The molecule has 0 unspecified atom stereocenters. The van der Waals surface area contributed by atoms with E-state index in [-0.39, 0.29) is 23.7 Å². The molecular weight excluding hydrogens is 264 g/mol. The van der Waals surface area contributed by atoms with Crippen LogP contribution in [-0.4, -0.2) is 30.5 Å². The molecule has 0 aliphatic rings. The fourth-order valence-electron chi connectivity index (χ4n) is 1.34. The molecule has 0 saturated carbocycles. The van der Waals surface area contributed by atoms with Gasteiger partial charge in [-0.05, 0) is 6.07 Å². The lowest BCUT2D eigenvalue weighted by Crippen LogP contribution is -2.19. The molecule has 1 amide bonds. The van der Waals surface area contributed by atoms with Crippen LogP contribution < -0.4 is 5.32 Å². The van der Waals surface area contributed by atoms with Gasteiger partial charge in [-0.1, -0.05) is 11.8 Å². The Kier molecular flexibility index (Phi) is 5.23. The Labute approximate surface area is 115 Å². The van der Waals surface area contributed by atoms with E-state index in [4.69, 9.17) is 0 Å². The van der Waals surface area contributed by atoms with Crippen LogP contribution in [0.15, 0.2) is 18.2 Å². The molecule has 0 atom stereocenters. The highest BCUT2D eigenvalue weighted by atomic mass is 16.6. The lowest BCUT2D eigenvalue weighted by Gasteiger charge is -2.00. The van der Waals surface area contributed by atoms with Gasteiger partial charge in [-0.15, -0.1) is 0 Å². The van der Waals surface area contributed by atoms with Gasteiger partial charge in [-0.3, -0.25) is 14.9 Å². The third-order valence-electron chi connectivity index (χ3n) is 2.21. The molecule has 1 rings (SSSR count). The zero-order valence-electron chi connectivity index (χ0n) is 10.9. The summed E-state index contributed by atoms with van der Waals surface area (Å²) in [5.74, 6) is 4.35. The topological polar surface area (TPSA) is 98.5 Å². The second-order valence-corrected chi connectivity index (χ2v) is 3.73. The summed E-state index contributed by atoms with van der Waals surface area (Å²) in [4.78, 5) is 32.2. The van der Waals surface area contributed by atoms with Gasteiger partial charge < -0.3 is 10.1 Å². The van der Waals surface area contributed by atoms with Crippen molar-refractivity contribution in [2.75, 3.05) is 13.7 Å². The summed E-state index contributed by atoms with van der Waals surface area (Å²) in [6.45, 7) is 1.47. The van der Waals surface area contributed by atoms with E-state index in [2.05, 4.69) is 21.9 Å². The maximum absolute atomic E-state index is 11.4. The van der Waals surface area contributed by atoms with Gasteiger partial charge in [0.25, 0.3) is 5.69 Å². The lowest BCUT2D eigenvalue weighted by atomic mass is 10.1. The number of benzene rings is 1. The zero-order valence-corrected chi connectivity index (χ0v) is 10.9. The van der Waals surface area contributed by atoms with Crippen LogP contribution in [0, 0.1) is 22.0 Å². The first-order valence-electron chi connectivity index (χ1n) is 5.55. The molecule has 0 fully saturated rings. The van der Waals surface area contributed by atoms with Crippen LogP contribution in [0.5, 0.6) is 0 Å². The number of hydrogen-bond donors (Lipinski definition) is 1. The number of non-ortho nitro benzene ring substituents is 1. The molecule has 104 valence electrons. The van der Waals surface area contributed by atoms with E-state index < -0.39 is 10.9 Å². The zero-order chi connectivity index (χ0) is 15.1. The van der Waals surface area contributed by atoms with Crippen LogP contribution in [0.25, 0.3) is 0 Å². The summed E-state index contributed by atoms with van der Waals surface area (Å²) < 4.78 is 4.52. The predicted octanol–water partition coefficient (Wildman–Crippen LogP) is 0.869. The third kappa shape index (κ3) is 4.42. The van der Waals surface area contributed by atoms with Crippen molar-refractivity contribution >= 4 is 17.6 Å². The Morgan fingerprint density at radius 1 is 1.40 bits per heavy atom. The Bertz CT molecular complexity index is 613. The van der Waals surface area contributed by atoms with Gasteiger partial charge in [0, 0.05) is 24.6 Å². The summed E-state index contributed by atoms with van der Waals surface area (Å²) in [5.41, 5.74) is 0.0900. The molecule has 0 spiro atoms. The number of nitrogens with zero attached hydrogens (tertiary/aromatic N) is 1. The Hall–Kier alpha value is -2.88. The highest BCUT2D eigenvalue weighted by molar-refractivity contribution is 5.90. The summed E-state index contributed by atoms with van der Waals surface area (Å²) >= 11 is 0. The molecule has 7 heteroatoms. The molecule has 0 heterocycles. The third-order valence-corrected chi connectivity index (χ3v) is 2.21. The van der Waals surface area contributed by atoms with E-state index in [0.29, 0.717) is 5.56 Å². The van der Waals surface area contributed by atoms with E-state index >= 15 is 0 Å². The van der Waals surface area contributed by atoms with E-state index in [9.17, 15) is 19.7 Å². The molecular formula is C13H12N2O5. The number of nitrogens with one attached hydrogen (secondary N) is 1. The molecule has 20 heavy (non-hydrogen) atoms. The van der Waals surface area contributed by atoms with Crippen molar-refractivity contribution in [3.63, 3.8) is 0 Å². The normalized spacial score (nSPS) is 9.10.